The van der Waals surface area contributed by atoms with Crippen LogP contribution in [0, 0.1) is 0 Å². The molecule has 106 valence electrons. The summed E-state index contributed by atoms with van der Waals surface area (Å²) in [6.07, 6.45) is -4.70. The van der Waals surface area contributed by atoms with Crippen molar-refractivity contribution in [3.63, 3.8) is 0 Å². The van der Waals surface area contributed by atoms with Crippen LogP contribution < -0.4 is 4.74 Å². The zero-order valence-electron chi connectivity index (χ0n) is 10.0. The smallest absolute Gasteiger partial charge is 0.406 e. The molecule has 0 heterocycles. The average molecular weight is 321 g/mol. The first kappa shape index (κ1) is 15.0. The lowest BCUT2D eigenvalue weighted by atomic mass is 10.0. The Morgan fingerprint density at radius 3 is 2.20 bits per heavy atom. The molecule has 0 aliphatic heterocycles. The Balaban J connectivity index is 2.33. The van der Waals surface area contributed by atoms with Gasteiger partial charge in [-0.1, -0.05) is 29.8 Å². The van der Waals surface area contributed by atoms with Crippen LogP contribution in [0.15, 0.2) is 42.5 Å². The van der Waals surface area contributed by atoms with Crippen molar-refractivity contribution in [2.75, 3.05) is 0 Å². The van der Waals surface area contributed by atoms with E-state index in [-0.39, 0.29) is 11.6 Å². The van der Waals surface area contributed by atoms with Gasteiger partial charge in [0.15, 0.2) is 0 Å². The Hall–Kier alpha value is -1.39. The predicted molar refractivity (Wildman–Crippen MR) is 73.1 cm³/mol. The highest BCUT2D eigenvalue weighted by molar-refractivity contribution is 6.31. The summed E-state index contributed by atoms with van der Waals surface area (Å²) >= 11 is 11.8. The summed E-state index contributed by atoms with van der Waals surface area (Å²) in [5.41, 5.74) is 2.35. The van der Waals surface area contributed by atoms with Crippen molar-refractivity contribution < 1.29 is 17.9 Å². The van der Waals surface area contributed by atoms with Crippen LogP contribution in [0.3, 0.4) is 0 Å². The monoisotopic (exact) mass is 320 g/mol. The molecule has 2 rings (SSSR count). The molecule has 0 fully saturated rings. The summed E-state index contributed by atoms with van der Waals surface area (Å²) in [7, 11) is 0. The molecule has 1 nitrogen and oxygen atoms in total. The molecule has 0 saturated carbocycles. The van der Waals surface area contributed by atoms with Crippen LogP contribution in [0.25, 0.3) is 11.1 Å². The summed E-state index contributed by atoms with van der Waals surface area (Å²) in [6.45, 7) is 0. The first-order valence-electron chi connectivity index (χ1n) is 5.59. The van der Waals surface area contributed by atoms with Gasteiger partial charge in [0.1, 0.15) is 5.75 Å². The normalized spacial score (nSPS) is 11.4. The third-order valence-electron chi connectivity index (χ3n) is 2.61. The Kier molecular flexibility index (Phi) is 4.45. The van der Waals surface area contributed by atoms with Gasteiger partial charge in [-0.25, -0.2) is 0 Å². The number of hydrogen-bond acceptors (Lipinski definition) is 1. The van der Waals surface area contributed by atoms with Gasteiger partial charge >= 0.3 is 6.36 Å². The predicted octanol–water partition coefficient (Wildman–Crippen LogP) is 5.64. The van der Waals surface area contributed by atoms with E-state index in [1.54, 1.807) is 18.2 Å². The molecule has 6 heteroatoms. The van der Waals surface area contributed by atoms with Crippen LogP contribution in [0.4, 0.5) is 13.2 Å². The number of halogens is 5. The minimum absolute atomic E-state index is 0.268. The lowest BCUT2D eigenvalue weighted by molar-refractivity contribution is -0.274. The minimum Gasteiger partial charge on any atom is -0.406 e. The highest BCUT2D eigenvalue weighted by Crippen LogP contribution is 2.30. The van der Waals surface area contributed by atoms with Crippen molar-refractivity contribution in [2.45, 2.75) is 12.2 Å². The second-order valence-electron chi connectivity index (χ2n) is 4.01. The molecule has 2 aromatic rings. The zero-order chi connectivity index (χ0) is 14.8. The lowest BCUT2D eigenvalue weighted by Gasteiger charge is -2.11. The topological polar surface area (TPSA) is 9.23 Å². The molecule has 0 amide bonds. The van der Waals surface area contributed by atoms with Crippen LogP contribution in [-0.2, 0) is 5.88 Å². The third kappa shape index (κ3) is 3.81. The van der Waals surface area contributed by atoms with Crippen molar-refractivity contribution in [3.05, 3.63) is 53.1 Å². The standard InChI is InChI=1S/C14H9Cl2F3O/c15-8-10-1-4-11(16)7-13(10)9-2-5-12(6-3-9)20-14(17,18)19/h1-7H,8H2. The minimum atomic E-state index is -4.70. The van der Waals surface area contributed by atoms with E-state index >= 15 is 0 Å². The van der Waals surface area contributed by atoms with E-state index in [2.05, 4.69) is 4.74 Å². The van der Waals surface area contributed by atoms with Gasteiger partial charge in [-0.05, 0) is 41.0 Å². The fourth-order valence-corrected chi connectivity index (χ4v) is 2.18. The molecule has 0 atom stereocenters. The molecule has 0 aromatic heterocycles. The molecule has 2 aromatic carbocycles. The zero-order valence-corrected chi connectivity index (χ0v) is 11.6. The van der Waals surface area contributed by atoms with E-state index in [0.717, 1.165) is 16.7 Å². The van der Waals surface area contributed by atoms with Crippen LogP contribution in [0.1, 0.15) is 5.56 Å². The Bertz CT molecular complexity index is 594. The van der Waals surface area contributed by atoms with Crippen molar-refractivity contribution in [2.24, 2.45) is 0 Å². The summed E-state index contributed by atoms with van der Waals surface area (Å²) in [6, 6.07) is 10.8. The summed E-state index contributed by atoms with van der Waals surface area (Å²) in [5, 5.41) is 0.532. The first-order chi connectivity index (χ1) is 9.39. The molecule has 0 aliphatic carbocycles. The van der Waals surface area contributed by atoms with Crippen molar-refractivity contribution in [1.29, 1.82) is 0 Å². The van der Waals surface area contributed by atoms with E-state index in [9.17, 15) is 13.2 Å². The van der Waals surface area contributed by atoms with Gasteiger partial charge in [0.05, 0.1) is 0 Å². The molecule has 0 unspecified atom stereocenters. The van der Waals surface area contributed by atoms with Crippen molar-refractivity contribution >= 4 is 23.2 Å². The highest BCUT2D eigenvalue weighted by atomic mass is 35.5. The molecule has 20 heavy (non-hydrogen) atoms. The molecule has 0 bridgehead atoms. The van der Waals surface area contributed by atoms with Gasteiger partial charge in [-0.15, -0.1) is 24.8 Å². The van der Waals surface area contributed by atoms with Crippen LogP contribution in [0.2, 0.25) is 5.02 Å². The molecule has 0 radical (unpaired) electrons. The van der Waals surface area contributed by atoms with Crippen molar-refractivity contribution in [3.8, 4) is 16.9 Å². The summed E-state index contributed by atoms with van der Waals surface area (Å²) < 4.78 is 40.1. The molecular formula is C14H9Cl2F3O. The van der Waals surface area contributed by atoms with E-state index in [1.807, 2.05) is 0 Å². The van der Waals surface area contributed by atoms with Gasteiger partial charge in [0.2, 0.25) is 0 Å². The van der Waals surface area contributed by atoms with Crippen LogP contribution in [-0.4, -0.2) is 6.36 Å². The molecule has 0 aliphatic rings. The maximum Gasteiger partial charge on any atom is 0.573 e. The maximum absolute atomic E-state index is 12.1. The summed E-state index contributed by atoms with van der Waals surface area (Å²) in [5.74, 6) is 0.0172. The number of hydrogen-bond donors (Lipinski definition) is 0. The Labute approximate surface area is 123 Å². The molecular weight excluding hydrogens is 312 g/mol. The quantitative estimate of drug-likeness (QED) is 0.664. The van der Waals surface area contributed by atoms with Gasteiger partial charge in [-0.3, -0.25) is 0 Å². The van der Waals surface area contributed by atoms with E-state index in [0.29, 0.717) is 5.02 Å². The van der Waals surface area contributed by atoms with Crippen molar-refractivity contribution in [1.82, 2.24) is 0 Å². The molecule has 0 saturated heterocycles. The van der Waals surface area contributed by atoms with Crippen LogP contribution >= 0.6 is 23.2 Å². The number of benzene rings is 2. The van der Waals surface area contributed by atoms with E-state index < -0.39 is 6.36 Å². The maximum atomic E-state index is 12.1. The SMILES string of the molecule is FC(F)(F)Oc1ccc(-c2cc(Cl)ccc2CCl)cc1. The Morgan fingerprint density at radius 2 is 1.65 bits per heavy atom. The third-order valence-corrected chi connectivity index (χ3v) is 3.14. The highest BCUT2D eigenvalue weighted by Gasteiger charge is 2.30. The first-order valence-corrected chi connectivity index (χ1v) is 6.51. The van der Waals surface area contributed by atoms with Gasteiger partial charge < -0.3 is 4.74 Å². The van der Waals surface area contributed by atoms with Gasteiger partial charge in [0.25, 0.3) is 0 Å². The fourth-order valence-electron chi connectivity index (χ4n) is 1.77. The molecule has 0 N–H and O–H groups in total. The van der Waals surface area contributed by atoms with E-state index in [1.165, 1.54) is 24.3 Å². The van der Waals surface area contributed by atoms with Crippen LogP contribution in [0.5, 0.6) is 5.75 Å². The lowest BCUT2D eigenvalue weighted by Crippen LogP contribution is -2.16. The second kappa shape index (κ2) is 5.94. The number of rotatable bonds is 3. The Morgan fingerprint density at radius 1 is 1.00 bits per heavy atom. The average Bonchev–Trinajstić information content (AvgIpc) is 2.38. The number of alkyl halides is 4. The van der Waals surface area contributed by atoms with Gasteiger partial charge in [0, 0.05) is 10.9 Å². The summed E-state index contributed by atoms with van der Waals surface area (Å²) in [4.78, 5) is 0. The largest absolute Gasteiger partial charge is 0.573 e. The second-order valence-corrected chi connectivity index (χ2v) is 4.71. The molecule has 0 spiro atoms. The van der Waals surface area contributed by atoms with Gasteiger partial charge in [-0.2, -0.15) is 0 Å². The van der Waals surface area contributed by atoms with E-state index in [4.69, 9.17) is 23.2 Å². The fraction of sp³-hybridized carbons (Fsp3) is 0.143. The number of ether oxygens (including phenoxy) is 1.